The van der Waals surface area contributed by atoms with Crippen LogP contribution in [0.25, 0.3) is 11.0 Å². The normalized spacial score (nSPS) is 10.8. The van der Waals surface area contributed by atoms with Crippen molar-refractivity contribution in [3.63, 3.8) is 0 Å². The van der Waals surface area contributed by atoms with E-state index in [1.165, 1.54) is 17.5 Å². The maximum absolute atomic E-state index is 12.6. The van der Waals surface area contributed by atoms with Gasteiger partial charge in [-0.05, 0) is 18.6 Å². The van der Waals surface area contributed by atoms with E-state index in [-0.39, 0.29) is 18.3 Å². The molecule has 0 atom stereocenters. The molecule has 0 radical (unpaired) electrons. The van der Waals surface area contributed by atoms with Crippen LogP contribution in [0.3, 0.4) is 0 Å². The summed E-state index contributed by atoms with van der Waals surface area (Å²) in [6, 6.07) is 11.7. The quantitative estimate of drug-likeness (QED) is 0.460. The van der Waals surface area contributed by atoms with E-state index in [0.29, 0.717) is 35.2 Å². The van der Waals surface area contributed by atoms with Crippen LogP contribution in [0, 0.1) is 0 Å². The van der Waals surface area contributed by atoms with Crippen LogP contribution in [0.1, 0.15) is 28.5 Å². The van der Waals surface area contributed by atoms with Crippen molar-refractivity contribution in [1.29, 1.82) is 0 Å². The van der Waals surface area contributed by atoms with Crippen molar-refractivity contribution in [1.82, 2.24) is 19.7 Å². The molecule has 0 aliphatic carbocycles. The molecule has 3 heterocycles. The topological polar surface area (TPSA) is 99.0 Å². The molecule has 0 saturated carbocycles. The van der Waals surface area contributed by atoms with Gasteiger partial charge >= 0.3 is 5.97 Å². The van der Waals surface area contributed by atoms with E-state index in [9.17, 15) is 9.59 Å². The Hall–Kier alpha value is -3.59. The third-order valence-corrected chi connectivity index (χ3v) is 5.12. The van der Waals surface area contributed by atoms with Gasteiger partial charge in [0.15, 0.2) is 10.8 Å². The van der Waals surface area contributed by atoms with Gasteiger partial charge in [0.2, 0.25) is 0 Å². The average molecular weight is 421 g/mol. The lowest BCUT2D eigenvalue weighted by Crippen LogP contribution is -2.13. The Labute approximate surface area is 176 Å². The van der Waals surface area contributed by atoms with Crippen molar-refractivity contribution < 1.29 is 14.3 Å². The van der Waals surface area contributed by atoms with Crippen LogP contribution in [-0.2, 0) is 22.5 Å². The predicted octanol–water partition coefficient (Wildman–Crippen LogP) is 3.29. The lowest BCUT2D eigenvalue weighted by Gasteiger charge is -2.04. The van der Waals surface area contributed by atoms with Crippen molar-refractivity contribution in [3.05, 3.63) is 71.0 Å². The summed E-state index contributed by atoms with van der Waals surface area (Å²) in [7, 11) is 0. The number of fused-ring (bicyclic) bond motifs is 1. The number of amides is 1. The summed E-state index contributed by atoms with van der Waals surface area (Å²) in [6.07, 6.45) is 3.30. The highest BCUT2D eigenvalue weighted by atomic mass is 32.1. The van der Waals surface area contributed by atoms with Crippen molar-refractivity contribution in [2.45, 2.75) is 19.9 Å². The zero-order chi connectivity index (χ0) is 20.9. The Morgan fingerprint density at radius 2 is 2.03 bits per heavy atom. The van der Waals surface area contributed by atoms with Gasteiger partial charge < -0.3 is 4.74 Å². The first-order valence-corrected chi connectivity index (χ1v) is 10.3. The molecule has 9 heteroatoms. The zero-order valence-corrected chi connectivity index (χ0v) is 17.1. The molecule has 4 aromatic rings. The molecule has 0 aliphatic heterocycles. The number of hydrogen-bond acceptors (Lipinski definition) is 7. The molecule has 1 N–H and O–H groups in total. The first-order valence-electron chi connectivity index (χ1n) is 9.39. The predicted molar refractivity (Wildman–Crippen MR) is 113 cm³/mol. The fraction of sp³-hybridized carbons (Fsp3) is 0.190. The van der Waals surface area contributed by atoms with Crippen LogP contribution in [-0.4, -0.2) is 38.2 Å². The Morgan fingerprint density at radius 3 is 2.83 bits per heavy atom. The van der Waals surface area contributed by atoms with Crippen LogP contribution in [0.4, 0.5) is 5.13 Å². The summed E-state index contributed by atoms with van der Waals surface area (Å²) in [6.45, 7) is 2.68. The molecule has 30 heavy (non-hydrogen) atoms. The third kappa shape index (κ3) is 4.52. The number of pyridine rings is 1. The molecule has 0 aliphatic rings. The van der Waals surface area contributed by atoms with Crippen molar-refractivity contribution in [2.75, 3.05) is 11.9 Å². The standard InChI is InChI=1S/C21H19N5O3S/c1-2-29-18(27)9-17-13-30-21(24-17)25-20(28)16-8-15-11-23-26(19(15)22-10-16)12-14-6-4-3-5-7-14/h3-8,10-11,13H,2,9,12H2,1H3,(H,24,25,28). The monoisotopic (exact) mass is 421 g/mol. The first kappa shape index (κ1) is 19.7. The molecule has 0 unspecified atom stereocenters. The van der Waals surface area contributed by atoms with Crippen molar-refractivity contribution in [2.24, 2.45) is 0 Å². The van der Waals surface area contributed by atoms with Gasteiger partial charge in [0.05, 0.1) is 37.0 Å². The Balaban J connectivity index is 1.45. The molecule has 0 bridgehead atoms. The van der Waals surface area contributed by atoms with Gasteiger partial charge in [0.1, 0.15) is 0 Å². The first-order chi connectivity index (χ1) is 14.6. The van der Waals surface area contributed by atoms with E-state index in [4.69, 9.17) is 4.74 Å². The minimum Gasteiger partial charge on any atom is -0.466 e. The van der Waals surface area contributed by atoms with Gasteiger partial charge in [-0.15, -0.1) is 11.3 Å². The summed E-state index contributed by atoms with van der Waals surface area (Å²) < 4.78 is 6.71. The van der Waals surface area contributed by atoms with Crippen LogP contribution in [0.15, 0.2) is 54.2 Å². The second kappa shape index (κ2) is 8.83. The smallest absolute Gasteiger partial charge is 0.311 e. The highest BCUT2D eigenvalue weighted by Crippen LogP contribution is 2.19. The maximum Gasteiger partial charge on any atom is 0.311 e. The highest BCUT2D eigenvalue weighted by Gasteiger charge is 2.14. The Morgan fingerprint density at radius 1 is 1.20 bits per heavy atom. The number of hydrogen-bond donors (Lipinski definition) is 1. The molecule has 152 valence electrons. The molecule has 1 amide bonds. The SMILES string of the molecule is CCOC(=O)Cc1csc(NC(=O)c2cnc3c(cnn3Cc3ccccc3)c2)n1. The van der Waals surface area contributed by atoms with E-state index >= 15 is 0 Å². The van der Waals surface area contributed by atoms with E-state index in [2.05, 4.69) is 20.4 Å². The van der Waals surface area contributed by atoms with Gasteiger partial charge in [-0.3, -0.25) is 14.9 Å². The summed E-state index contributed by atoms with van der Waals surface area (Å²) in [4.78, 5) is 32.8. The molecule has 3 aromatic heterocycles. The number of esters is 1. The maximum atomic E-state index is 12.6. The number of carbonyl (C=O) groups is 2. The molecular weight excluding hydrogens is 402 g/mol. The second-order valence-electron chi connectivity index (χ2n) is 6.50. The minimum absolute atomic E-state index is 0.0777. The van der Waals surface area contributed by atoms with E-state index in [1.807, 2.05) is 30.3 Å². The zero-order valence-electron chi connectivity index (χ0n) is 16.2. The molecule has 0 spiro atoms. The summed E-state index contributed by atoms with van der Waals surface area (Å²) in [5.41, 5.74) is 2.79. The minimum atomic E-state index is -0.345. The fourth-order valence-corrected chi connectivity index (χ4v) is 3.65. The largest absolute Gasteiger partial charge is 0.466 e. The lowest BCUT2D eigenvalue weighted by molar-refractivity contribution is -0.142. The molecule has 4 rings (SSSR count). The number of thiazole rings is 1. The van der Waals surface area contributed by atoms with E-state index in [1.54, 1.807) is 29.2 Å². The number of nitrogens with zero attached hydrogens (tertiary/aromatic N) is 4. The van der Waals surface area contributed by atoms with Gasteiger partial charge in [-0.25, -0.2) is 14.6 Å². The summed E-state index contributed by atoms with van der Waals surface area (Å²) >= 11 is 1.25. The van der Waals surface area contributed by atoms with Gasteiger partial charge in [0.25, 0.3) is 5.91 Å². The van der Waals surface area contributed by atoms with Crippen LogP contribution in [0.5, 0.6) is 0 Å². The molecule has 0 fully saturated rings. The molecule has 8 nitrogen and oxygen atoms in total. The Kier molecular flexibility index (Phi) is 5.80. The molecule has 0 saturated heterocycles. The number of ether oxygens (including phenoxy) is 1. The number of nitrogens with one attached hydrogen (secondary N) is 1. The fourth-order valence-electron chi connectivity index (χ4n) is 2.94. The van der Waals surface area contributed by atoms with Gasteiger partial charge in [-0.2, -0.15) is 5.10 Å². The van der Waals surface area contributed by atoms with Gasteiger partial charge in [-0.1, -0.05) is 30.3 Å². The van der Waals surface area contributed by atoms with E-state index < -0.39 is 0 Å². The number of anilines is 1. The lowest BCUT2D eigenvalue weighted by atomic mass is 10.2. The van der Waals surface area contributed by atoms with Crippen molar-refractivity contribution in [3.8, 4) is 0 Å². The third-order valence-electron chi connectivity index (χ3n) is 4.32. The second-order valence-corrected chi connectivity index (χ2v) is 7.36. The summed E-state index contributed by atoms with van der Waals surface area (Å²) in [5.74, 6) is -0.667. The Bertz CT molecular complexity index is 1190. The summed E-state index contributed by atoms with van der Waals surface area (Å²) in [5, 5.41) is 10.1. The van der Waals surface area contributed by atoms with Crippen LogP contribution >= 0.6 is 11.3 Å². The number of rotatable bonds is 7. The molecular formula is C21H19N5O3S. The molecule has 1 aromatic carbocycles. The number of benzene rings is 1. The average Bonchev–Trinajstić information content (AvgIpc) is 3.35. The number of carbonyl (C=O) groups excluding carboxylic acids is 2. The van der Waals surface area contributed by atoms with Gasteiger partial charge in [0, 0.05) is 17.0 Å². The van der Waals surface area contributed by atoms with E-state index in [0.717, 1.165) is 10.9 Å². The van der Waals surface area contributed by atoms with Crippen LogP contribution in [0.2, 0.25) is 0 Å². The highest BCUT2D eigenvalue weighted by molar-refractivity contribution is 7.14. The van der Waals surface area contributed by atoms with Crippen molar-refractivity contribution >= 4 is 39.4 Å². The number of aromatic nitrogens is 4. The van der Waals surface area contributed by atoms with Crippen LogP contribution < -0.4 is 5.32 Å².